The Balaban J connectivity index is 1.94. The normalized spacial score (nSPS) is 24.9. The molecule has 1 aromatic carbocycles. The quantitative estimate of drug-likeness (QED) is 0.865. The summed E-state index contributed by atoms with van der Waals surface area (Å²) in [5.41, 5.74) is 1.44. The Bertz CT molecular complexity index is 640. The summed E-state index contributed by atoms with van der Waals surface area (Å²) in [6.07, 6.45) is 1.50. The molecule has 0 aliphatic carbocycles. The number of aryl methyl sites for hydroxylation is 1. The van der Waals surface area contributed by atoms with Crippen molar-refractivity contribution in [1.29, 1.82) is 0 Å². The SMILES string of the molecule is CCc1ccc(NC(=O)C(C)NC2(C)CCS(=O)(=O)C2)cc1. The zero-order valence-electron chi connectivity index (χ0n) is 13.3. The van der Waals surface area contributed by atoms with Crippen molar-refractivity contribution in [3.63, 3.8) is 0 Å². The summed E-state index contributed by atoms with van der Waals surface area (Å²) < 4.78 is 23.2. The summed E-state index contributed by atoms with van der Waals surface area (Å²) in [6.45, 7) is 5.69. The second-order valence-corrected chi connectivity index (χ2v) is 8.49. The molecule has 2 rings (SSSR count). The van der Waals surface area contributed by atoms with Gasteiger partial charge >= 0.3 is 0 Å². The van der Waals surface area contributed by atoms with Crippen molar-refractivity contribution in [2.75, 3.05) is 16.8 Å². The first-order chi connectivity index (χ1) is 10.2. The summed E-state index contributed by atoms with van der Waals surface area (Å²) in [5, 5.41) is 6.02. The molecule has 0 aromatic heterocycles. The second kappa shape index (κ2) is 6.38. The average Bonchev–Trinajstić information content (AvgIpc) is 2.73. The summed E-state index contributed by atoms with van der Waals surface area (Å²) >= 11 is 0. The number of hydrogen-bond donors (Lipinski definition) is 2. The monoisotopic (exact) mass is 324 g/mol. The van der Waals surface area contributed by atoms with Crippen molar-refractivity contribution >= 4 is 21.4 Å². The number of sulfone groups is 1. The molecule has 1 saturated heterocycles. The molecule has 122 valence electrons. The highest BCUT2D eigenvalue weighted by atomic mass is 32.2. The van der Waals surface area contributed by atoms with Crippen LogP contribution in [0.5, 0.6) is 0 Å². The number of benzene rings is 1. The highest BCUT2D eigenvalue weighted by Gasteiger charge is 2.39. The van der Waals surface area contributed by atoms with Gasteiger partial charge in [-0.25, -0.2) is 8.42 Å². The molecule has 1 fully saturated rings. The maximum atomic E-state index is 12.2. The van der Waals surface area contributed by atoms with E-state index in [2.05, 4.69) is 17.6 Å². The Labute approximate surface area is 132 Å². The van der Waals surface area contributed by atoms with Gasteiger partial charge in [0.2, 0.25) is 5.91 Å². The maximum Gasteiger partial charge on any atom is 0.241 e. The lowest BCUT2D eigenvalue weighted by molar-refractivity contribution is -0.118. The molecule has 1 aliphatic rings. The largest absolute Gasteiger partial charge is 0.325 e. The number of rotatable bonds is 5. The van der Waals surface area contributed by atoms with Crippen LogP contribution >= 0.6 is 0 Å². The van der Waals surface area contributed by atoms with Gasteiger partial charge in [-0.2, -0.15) is 0 Å². The number of amides is 1. The van der Waals surface area contributed by atoms with E-state index in [4.69, 9.17) is 0 Å². The maximum absolute atomic E-state index is 12.2. The summed E-state index contributed by atoms with van der Waals surface area (Å²) in [4.78, 5) is 12.2. The minimum absolute atomic E-state index is 0.0861. The first-order valence-corrected chi connectivity index (χ1v) is 9.43. The summed E-state index contributed by atoms with van der Waals surface area (Å²) in [6, 6.07) is 7.28. The third-order valence-corrected chi connectivity index (χ3v) is 5.99. The van der Waals surface area contributed by atoms with Gasteiger partial charge in [0.15, 0.2) is 9.84 Å². The van der Waals surface area contributed by atoms with Crippen LogP contribution in [0.15, 0.2) is 24.3 Å². The fourth-order valence-corrected chi connectivity index (χ4v) is 4.89. The third kappa shape index (κ3) is 4.30. The number of nitrogens with one attached hydrogen (secondary N) is 2. The Kier molecular flexibility index (Phi) is 4.92. The van der Waals surface area contributed by atoms with Crippen LogP contribution in [0.2, 0.25) is 0 Å². The molecule has 0 spiro atoms. The molecule has 1 aromatic rings. The molecule has 2 unspecified atom stereocenters. The Morgan fingerprint density at radius 3 is 2.45 bits per heavy atom. The van der Waals surface area contributed by atoms with Gasteiger partial charge in [-0.1, -0.05) is 19.1 Å². The first kappa shape index (κ1) is 17.0. The molecular weight excluding hydrogens is 300 g/mol. The van der Waals surface area contributed by atoms with Crippen LogP contribution in [0.4, 0.5) is 5.69 Å². The number of carbonyl (C=O) groups excluding carboxylic acids is 1. The fraction of sp³-hybridized carbons (Fsp3) is 0.562. The van der Waals surface area contributed by atoms with Gasteiger partial charge in [-0.15, -0.1) is 0 Å². The van der Waals surface area contributed by atoms with Crippen LogP contribution in [-0.2, 0) is 21.1 Å². The van der Waals surface area contributed by atoms with Crippen molar-refractivity contribution in [3.05, 3.63) is 29.8 Å². The van der Waals surface area contributed by atoms with Crippen molar-refractivity contribution in [2.45, 2.75) is 45.2 Å². The van der Waals surface area contributed by atoms with Crippen LogP contribution in [0.3, 0.4) is 0 Å². The molecule has 2 atom stereocenters. The van der Waals surface area contributed by atoms with Crippen LogP contribution in [-0.4, -0.2) is 37.4 Å². The lowest BCUT2D eigenvalue weighted by Gasteiger charge is -2.28. The average molecular weight is 324 g/mol. The van der Waals surface area contributed by atoms with Gasteiger partial charge in [-0.05, 0) is 44.4 Å². The Morgan fingerprint density at radius 1 is 1.32 bits per heavy atom. The van der Waals surface area contributed by atoms with E-state index in [-0.39, 0.29) is 17.4 Å². The predicted molar refractivity (Wildman–Crippen MR) is 88.7 cm³/mol. The smallest absolute Gasteiger partial charge is 0.241 e. The van der Waals surface area contributed by atoms with Crippen molar-refractivity contribution in [3.8, 4) is 0 Å². The number of anilines is 1. The van der Waals surface area contributed by atoms with E-state index in [9.17, 15) is 13.2 Å². The van der Waals surface area contributed by atoms with E-state index in [1.54, 1.807) is 6.92 Å². The van der Waals surface area contributed by atoms with Gasteiger partial charge in [0.1, 0.15) is 0 Å². The minimum Gasteiger partial charge on any atom is -0.325 e. The summed E-state index contributed by atoms with van der Waals surface area (Å²) in [7, 11) is -2.99. The Morgan fingerprint density at radius 2 is 1.95 bits per heavy atom. The standard InChI is InChI=1S/C16H24N2O3S/c1-4-13-5-7-14(8-6-13)17-15(19)12(2)18-16(3)9-10-22(20,21)11-16/h5-8,12,18H,4,9-11H2,1-3H3,(H,17,19). The molecule has 1 amide bonds. The molecule has 6 heteroatoms. The molecule has 1 aliphatic heterocycles. The molecule has 0 saturated carbocycles. The van der Waals surface area contributed by atoms with E-state index in [0.717, 1.165) is 12.1 Å². The first-order valence-electron chi connectivity index (χ1n) is 7.61. The fourth-order valence-electron chi connectivity index (χ4n) is 2.79. The van der Waals surface area contributed by atoms with Crippen molar-refractivity contribution < 1.29 is 13.2 Å². The second-order valence-electron chi connectivity index (χ2n) is 6.31. The third-order valence-electron chi connectivity index (χ3n) is 4.09. The highest BCUT2D eigenvalue weighted by Crippen LogP contribution is 2.23. The summed E-state index contributed by atoms with van der Waals surface area (Å²) in [5.74, 6) is 0.112. The topological polar surface area (TPSA) is 75.3 Å². The zero-order chi connectivity index (χ0) is 16.4. The van der Waals surface area contributed by atoms with Crippen molar-refractivity contribution in [2.24, 2.45) is 0 Å². The van der Waals surface area contributed by atoms with E-state index in [0.29, 0.717) is 6.42 Å². The van der Waals surface area contributed by atoms with E-state index < -0.39 is 21.4 Å². The van der Waals surface area contributed by atoms with Gasteiger partial charge < -0.3 is 5.32 Å². The molecule has 22 heavy (non-hydrogen) atoms. The number of carbonyl (C=O) groups is 1. The number of hydrogen-bond acceptors (Lipinski definition) is 4. The zero-order valence-corrected chi connectivity index (χ0v) is 14.2. The molecule has 1 heterocycles. The van der Waals surface area contributed by atoms with Crippen LogP contribution in [0.1, 0.15) is 32.8 Å². The van der Waals surface area contributed by atoms with E-state index >= 15 is 0 Å². The van der Waals surface area contributed by atoms with Gasteiger partial charge in [0.05, 0.1) is 17.5 Å². The van der Waals surface area contributed by atoms with Crippen molar-refractivity contribution in [1.82, 2.24) is 5.32 Å². The van der Waals surface area contributed by atoms with Crippen LogP contribution in [0, 0.1) is 0 Å². The molecule has 0 radical (unpaired) electrons. The Hall–Kier alpha value is -1.40. The molecule has 2 N–H and O–H groups in total. The molecule has 0 bridgehead atoms. The van der Waals surface area contributed by atoms with Gasteiger partial charge in [0.25, 0.3) is 0 Å². The van der Waals surface area contributed by atoms with Gasteiger partial charge in [0, 0.05) is 11.2 Å². The van der Waals surface area contributed by atoms with Gasteiger partial charge in [-0.3, -0.25) is 10.1 Å². The van der Waals surface area contributed by atoms with E-state index in [1.165, 1.54) is 5.56 Å². The predicted octanol–water partition coefficient (Wildman–Crippen LogP) is 1.74. The minimum atomic E-state index is -2.99. The molecule has 5 nitrogen and oxygen atoms in total. The lowest BCUT2D eigenvalue weighted by Crippen LogP contribution is -2.52. The highest BCUT2D eigenvalue weighted by molar-refractivity contribution is 7.91. The van der Waals surface area contributed by atoms with Crippen LogP contribution < -0.4 is 10.6 Å². The van der Waals surface area contributed by atoms with Crippen LogP contribution in [0.25, 0.3) is 0 Å². The lowest BCUT2D eigenvalue weighted by atomic mass is 10.0. The van der Waals surface area contributed by atoms with E-state index in [1.807, 2.05) is 31.2 Å². The molecular formula is C16H24N2O3S.